The molecule has 0 aliphatic heterocycles. The molecule has 2 saturated carbocycles. The lowest BCUT2D eigenvalue weighted by Gasteiger charge is -2.39. The Morgan fingerprint density at radius 1 is 1.30 bits per heavy atom. The maximum atomic E-state index is 12.9. The van der Waals surface area contributed by atoms with Crippen LogP contribution in [0.1, 0.15) is 37.7 Å². The molecule has 0 unspecified atom stereocenters. The van der Waals surface area contributed by atoms with E-state index in [-0.39, 0.29) is 17.9 Å². The number of aliphatic hydroxyl groups excluding tert-OH is 1. The van der Waals surface area contributed by atoms with Gasteiger partial charge in [-0.25, -0.2) is 0 Å². The van der Waals surface area contributed by atoms with Gasteiger partial charge in [-0.05, 0) is 49.8 Å². The molecule has 108 valence electrons. The van der Waals surface area contributed by atoms with Gasteiger partial charge in [0, 0.05) is 17.6 Å². The van der Waals surface area contributed by atoms with Crippen LogP contribution in [-0.4, -0.2) is 35.1 Å². The number of aliphatic hydroxyl groups is 1. The van der Waals surface area contributed by atoms with Crippen molar-refractivity contribution >= 4 is 17.5 Å². The van der Waals surface area contributed by atoms with Crippen molar-refractivity contribution in [2.45, 2.75) is 43.6 Å². The second-order valence-electron chi connectivity index (χ2n) is 5.90. The van der Waals surface area contributed by atoms with E-state index in [2.05, 4.69) is 0 Å². The number of hydrogen-bond donors (Lipinski definition) is 1. The number of carbonyl (C=O) groups is 1. The van der Waals surface area contributed by atoms with Crippen molar-refractivity contribution in [3.8, 4) is 0 Å². The van der Waals surface area contributed by atoms with Gasteiger partial charge in [-0.1, -0.05) is 23.7 Å². The average molecular weight is 294 g/mol. The lowest BCUT2D eigenvalue weighted by Crippen LogP contribution is -2.49. The first-order chi connectivity index (χ1) is 9.67. The molecule has 0 atom stereocenters. The molecule has 0 bridgehead atoms. The number of carbonyl (C=O) groups excluding carboxylic acids is 1. The Bertz CT molecular complexity index is 492. The van der Waals surface area contributed by atoms with Gasteiger partial charge in [0.15, 0.2) is 0 Å². The topological polar surface area (TPSA) is 40.5 Å². The fourth-order valence-electron chi connectivity index (χ4n) is 3.05. The Labute approximate surface area is 124 Å². The normalized spacial score (nSPS) is 20.3. The molecule has 0 spiro atoms. The Balaban J connectivity index is 1.82. The molecule has 2 aliphatic rings. The predicted octanol–water partition coefficient (Wildman–Crippen LogP) is 2.75. The number of rotatable bonds is 5. The van der Waals surface area contributed by atoms with E-state index in [0.29, 0.717) is 17.6 Å². The molecule has 2 aliphatic carbocycles. The first kappa shape index (κ1) is 13.9. The molecule has 1 aromatic rings. The van der Waals surface area contributed by atoms with Crippen molar-refractivity contribution in [1.29, 1.82) is 0 Å². The van der Waals surface area contributed by atoms with E-state index < -0.39 is 0 Å². The van der Waals surface area contributed by atoms with Crippen LogP contribution in [0.25, 0.3) is 0 Å². The fraction of sp³-hybridized carbons (Fsp3) is 0.562. The van der Waals surface area contributed by atoms with E-state index in [1.54, 1.807) is 0 Å². The van der Waals surface area contributed by atoms with Gasteiger partial charge >= 0.3 is 0 Å². The minimum atomic E-state index is -0.352. The molecule has 1 N–H and O–H groups in total. The summed E-state index contributed by atoms with van der Waals surface area (Å²) in [5.74, 6) is 0.193. The second kappa shape index (κ2) is 5.38. The van der Waals surface area contributed by atoms with Gasteiger partial charge in [0.1, 0.15) is 0 Å². The van der Waals surface area contributed by atoms with Crippen molar-refractivity contribution in [2.24, 2.45) is 0 Å². The lowest BCUT2D eigenvalue weighted by molar-refractivity contribution is -0.138. The fourth-order valence-corrected chi connectivity index (χ4v) is 3.18. The second-order valence-corrected chi connectivity index (χ2v) is 6.33. The smallest absolute Gasteiger partial charge is 0.233 e. The highest BCUT2D eigenvalue weighted by molar-refractivity contribution is 6.30. The minimum Gasteiger partial charge on any atom is -0.395 e. The Kier molecular flexibility index (Phi) is 3.74. The van der Waals surface area contributed by atoms with Crippen molar-refractivity contribution in [2.75, 3.05) is 13.2 Å². The summed E-state index contributed by atoms with van der Waals surface area (Å²) in [5, 5.41) is 9.93. The number of benzene rings is 1. The Morgan fingerprint density at radius 3 is 2.40 bits per heavy atom. The summed E-state index contributed by atoms with van der Waals surface area (Å²) in [6.45, 7) is 0.498. The van der Waals surface area contributed by atoms with E-state index in [9.17, 15) is 9.90 Å². The zero-order chi connectivity index (χ0) is 14.2. The third-order valence-corrected chi connectivity index (χ3v) is 4.93. The van der Waals surface area contributed by atoms with Crippen LogP contribution in [0.3, 0.4) is 0 Å². The molecular formula is C16H20ClNO2. The maximum Gasteiger partial charge on any atom is 0.233 e. The highest BCUT2D eigenvalue weighted by Crippen LogP contribution is 2.50. The van der Waals surface area contributed by atoms with Crippen LogP contribution in [0.4, 0.5) is 0 Å². The van der Waals surface area contributed by atoms with Crippen LogP contribution < -0.4 is 0 Å². The van der Waals surface area contributed by atoms with E-state index in [4.69, 9.17) is 11.6 Å². The number of nitrogens with zero attached hydrogens (tertiary/aromatic N) is 1. The van der Waals surface area contributed by atoms with Gasteiger partial charge in [0.2, 0.25) is 5.91 Å². The minimum absolute atomic E-state index is 0.0406. The SMILES string of the molecule is O=C(N(CCO)C1CCC1)C1(c2ccc(Cl)cc2)CC1. The van der Waals surface area contributed by atoms with E-state index in [0.717, 1.165) is 31.2 Å². The molecular weight excluding hydrogens is 274 g/mol. The molecule has 0 radical (unpaired) electrons. The average Bonchev–Trinajstić information content (AvgIpc) is 3.18. The largest absolute Gasteiger partial charge is 0.395 e. The molecule has 0 heterocycles. The summed E-state index contributed by atoms with van der Waals surface area (Å²) in [5.41, 5.74) is 0.712. The van der Waals surface area contributed by atoms with Crippen LogP contribution in [0, 0.1) is 0 Å². The summed E-state index contributed by atoms with van der Waals surface area (Å²) in [7, 11) is 0. The third-order valence-electron chi connectivity index (χ3n) is 4.67. The molecule has 20 heavy (non-hydrogen) atoms. The molecule has 3 nitrogen and oxygen atoms in total. The predicted molar refractivity (Wildman–Crippen MR) is 78.8 cm³/mol. The van der Waals surface area contributed by atoms with Crippen molar-refractivity contribution < 1.29 is 9.90 Å². The summed E-state index contributed by atoms with van der Waals surface area (Å²) in [4.78, 5) is 14.8. The molecule has 4 heteroatoms. The van der Waals surface area contributed by atoms with Crippen molar-refractivity contribution in [3.05, 3.63) is 34.9 Å². The van der Waals surface area contributed by atoms with Crippen LogP contribution in [0.15, 0.2) is 24.3 Å². The summed E-state index contributed by atoms with van der Waals surface area (Å²) >= 11 is 5.93. The number of hydrogen-bond acceptors (Lipinski definition) is 2. The molecule has 1 amide bonds. The summed E-state index contributed by atoms with van der Waals surface area (Å²) in [6, 6.07) is 7.96. The monoisotopic (exact) mass is 293 g/mol. The van der Waals surface area contributed by atoms with Crippen molar-refractivity contribution in [3.63, 3.8) is 0 Å². The van der Waals surface area contributed by atoms with Gasteiger partial charge in [0.25, 0.3) is 0 Å². The molecule has 1 aromatic carbocycles. The molecule has 2 fully saturated rings. The van der Waals surface area contributed by atoms with Gasteiger partial charge in [-0.3, -0.25) is 4.79 Å². The first-order valence-corrected chi connectivity index (χ1v) is 7.73. The maximum absolute atomic E-state index is 12.9. The third kappa shape index (κ3) is 2.33. The number of amides is 1. The van der Waals surface area contributed by atoms with Gasteiger partial charge < -0.3 is 10.0 Å². The standard InChI is InChI=1S/C16H20ClNO2/c17-13-6-4-12(5-7-13)16(8-9-16)15(20)18(10-11-19)14-2-1-3-14/h4-7,14,19H,1-3,8-11H2. The van der Waals surface area contributed by atoms with Gasteiger partial charge in [-0.2, -0.15) is 0 Å². The molecule has 3 rings (SSSR count). The molecule has 0 aromatic heterocycles. The van der Waals surface area contributed by atoms with E-state index >= 15 is 0 Å². The van der Waals surface area contributed by atoms with Gasteiger partial charge in [0.05, 0.1) is 12.0 Å². The zero-order valence-electron chi connectivity index (χ0n) is 11.5. The summed E-state index contributed by atoms with van der Waals surface area (Å²) in [6.07, 6.45) is 5.14. The van der Waals surface area contributed by atoms with Crippen LogP contribution in [0.2, 0.25) is 5.02 Å². The van der Waals surface area contributed by atoms with Crippen molar-refractivity contribution in [1.82, 2.24) is 4.90 Å². The Hall–Kier alpha value is -1.06. The lowest BCUT2D eigenvalue weighted by atomic mass is 9.88. The van der Waals surface area contributed by atoms with Crippen LogP contribution in [-0.2, 0) is 10.2 Å². The molecule has 0 saturated heterocycles. The Morgan fingerprint density at radius 2 is 1.95 bits per heavy atom. The summed E-state index contributed by atoms with van der Waals surface area (Å²) < 4.78 is 0. The quantitative estimate of drug-likeness (QED) is 0.907. The van der Waals surface area contributed by atoms with Gasteiger partial charge in [-0.15, -0.1) is 0 Å². The van der Waals surface area contributed by atoms with E-state index in [1.807, 2.05) is 29.2 Å². The van der Waals surface area contributed by atoms with Crippen LogP contribution >= 0.6 is 11.6 Å². The zero-order valence-corrected chi connectivity index (χ0v) is 12.3. The number of halogens is 1. The van der Waals surface area contributed by atoms with Crippen LogP contribution in [0.5, 0.6) is 0 Å². The highest BCUT2D eigenvalue weighted by Gasteiger charge is 2.54. The van der Waals surface area contributed by atoms with E-state index in [1.165, 1.54) is 6.42 Å². The highest BCUT2D eigenvalue weighted by atomic mass is 35.5. The first-order valence-electron chi connectivity index (χ1n) is 7.35.